The summed E-state index contributed by atoms with van der Waals surface area (Å²) in [6.45, 7) is 1.81. The fourth-order valence-electron chi connectivity index (χ4n) is 3.34. The van der Waals surface area contributed by atoms with Crippen molar-refractivity contribution < 1.29 is 31.5 Å². The van der Waals surface area contributed by atoms with Gasteiger partial charge in [-0.05, 0) is 55.2 Å². The zero-order chi connectivity index (χ0) is 22.8. The van der Waals surface area contributed by atoms with E-state index in [-0.39, 0.29) is 21.4 Å². The third-order valence-electron chi connectivity index (χ3n) is 4.97. The van der Waals surface area contributed by atoms with Gasteiger partial charge in [0.25, 0.3) is 0 Å². The van der Waals surface area contributed by atoms with Crippen molar-refractivity contribution in [2.24, 2.45) is 5.92 Å². The molecule has 1 atom stereocenters. The molecule has 6 nitrogen and oxygen atoms in total. The average Bonchev–Trinajstić information content (AvgIpc) is 2.73. The molecule has 1 heterocycles. The summed E-state index contributed by atoms with van der Waals surface area (Å²) < 4.78 is 59.2. The van der Waals surface area contributed by atoms with Gasteiger partial charge in [0.1, 0.15) is 16.5 Å². The first-order valence-electron chi connectivity index (χ1n) is 9.54. The summed E-state index contributed by atoms with van der Waals surface area (Å²) >= 11 is 6.09. The molecule has 31 heavy (non-hydrogen) atoms. The van der Waals surface area contributed by atoms with Crippen LogP contribution in [-0.4, -0.2) is 44.2 Å². The molecule has 166 valence electrons. The summed E-state index contributed by atoms with van der Waals surface area (Å²) in [7, 11) is -3.93. The Balaban J connectivity index is 1.77. The number of piperidine rings is 1. The lowest BCUT2D eigenvalue weighted by atomic mass is 10.0. The van der Waals surface area contributed by atoms with Crippen LogP contribution >= 0.6 is 11.6 Å². The number of Topliss-reactive ketones (excluding diaryl/α,β-unsaturated/α-hetero) is 1. The number of carbonyl (C=O) groups is 2. The third kappa shape index (κ3) is 5.28. The normalized spacial score (nSPS) is 17.4. The molecule has 1 aliphatic heterocycles. The second-order valence-electron chi connectivity index (χ2n) is 7.38. The van der Waals surface area contributed by atoms with Gasteiger partial charge in [0.2, 0.25) is 15.8 Å². The van der Waals surface area contributed by atoms with Crippen LogP contribution in [0.2, 0.25) is 5.02 Å². The molecule has 1 fully saturated rings. The molecule has 0 amide bonds. The molecule has 0 radical (unpaired) electrons. The molecule has 0 spiro atoms. The largest absolute Gasteiger partial charge is 0.454 e. The molecule has 3 rings (SSSR count). The third-order valence-corrected chi connectivity index (χ3v) is 7.31. The Bertz CT molecular complexity index is 1120. The van der Waals surface area contributed by atoms with Gasteiger partial charge in [0.05, 0.1) is 16.1 Å². The van der Waals surface area contributed by atoms with E-state index >= 15 is 0 Å². The van der Waals surface area contributed by atoms with E-state index in [2.05, 4.69) is 0 Å². The fraction of sp³-hybridized carbons (Fsp3) is 0.333. The molecule has 0 bridgehead atoms. The van der Waals surface area contributed by atoms with Crippen molar-refractivity contribution >= 4 is 33.4 Å². The topological polar surface area (TPSA) is 80.8 Å². The monoisotopic (exact) mass is 471 g/mol. The molecule has 2 aromatic rings. The van der Waals surface area contributed by atoms with E-state index in [1.54, 1.807) is 0 Å². The zero-order valence-electron chi connectivity index (χ0n) is 16.6. The lowest BCUT2D eigenvalue weighted by Gasteiger charge is -2.30. The van der Waals surface area contributed by atoms with Crippen molar-refractivity contribution in [1.29, 1.82) is 0 Å². The lowest BCUT2D eigenvalue weighted by molar-refractivity contribution is 0.0473. The van der Waals surface area contributed by atoms with Gasteiger partial charge < -0.3 is 4.74 Å². The number of rotatable bonds is 6. The maximum Gasteiger partial charge on any atom is 0.338 e. The summed E-state index contributed by atoms with van der Waals surface area (Å²) in [6, 6.07) is 5.96. The van der Waals surface area contributed by atoms with Gasteiger partial charge in [0.15, 0.2) is 6.61 Å². The van der Waals surface area contributed by atoms with Crippen LogP contribution in [0.25, 0.3) is 0 Å². The molecule has 0 saturated carbocycles. The Kier molecular flexibility index (Phi) is 7.08. The maximum atomic E-state index is 13.7. The molecular weight excluding hydrogens is 452 g/mol. The van der Waals surface area contributed by atoms with Crippen molar-refractivity contribution in [3.63, 3.8) is 0 Å². The van der Waals surface area contributed by atoms with Gasteiger partial charge in [0, 0.05) is 13.1 Å². The van der Waals surface area contributed by atoms with Crippen molar-refractivity contribution in [2.45, 2.75) is 24.7 Å². The number of ether oxygens (including phenoxy) is 1. The van der Waals surface area contributed by atoms with Crippen LogP contribution in [0, 0.1) is 17.6 Å². The number of esters is 1. The van der Waals surface area contributed by atoms with E-state index in [9.17, 15) is 26.8 Å². The van der Waals surface area contributed by atoms with Crippen LogP contribution in [0.4, 0.5) is 8.78 Å². The highest BCUT2D eigenvalue weighted by molar-refractivity contribution is 7.89. The Labute approximate surface area is 183 Å². The molecule has 0 N–H and O–H groups in total. The van der Waals surface area contributed by atoms with E-state index < -0.39 is 45.6 Å². The minimum Gasteiger partial charge on any atom is -0.454 e. The molecule has 10 heteroatoms. The predicted octanol–water partition coefficient (Wildman–Crippen LogP) is 4.08. The SMILES string of the molecule is CC1CCCN(S(=O)(=O)c2cc(C(=O)OCC(=O)c3cc(F)ccc3F)ccc2Cl)C1. The van der Waals surface area contributed by atoms with Crippen LogP contribution in [-0.2, 0) is 14.8 Å². The average molecular weight is 472 g/mol. The van der Waals surface area contributed by atoms with E-state index in [1.165, 1.54) is 16.4 Å². The van der Waals surface area contributed by atoms with Crippen molar-refractivity contribution in [3.05, 3.63) is 64.2 Å². The van der Waals surface area contributed by atoms with Gasteiger partial charge in [-0.1, -0.05) is 18.5 Å². The van der Waals surface area contributed by atoms with Gasteiger partial charge in [-0.2, -0.15) is 4.31 Å². The van der Waals surface area contributed by atoms with Gasteiger partial charge in [-0.15, -0.1) is 0 Å². The van der Waals surface area contributed by atoms with E-state index in [0.29, 0.717) is 19.2 Å². The molecule has 1 unspecified atom stereocenters. The highest BCUT2D eigenvalue weighted by Crippen LogP contribution is 2.29. The number of nitrogens with zero attached hydrogens (tertiary/aromatic N) is 1. The van der Waals surface area contributed by atoms with Crippen LogP contribution in [0.15, 0.2) is 41.3 Å². The van der Waals surface area contributed by atoms with E-state index in [1.807, 2.05) is 6.92 Å². The lowest BCUT2D eigenvalue weighted by Crippen LogP contribution is -2.39. The molecule has 1 aliphatic rings. The smallest absolute Gasteiger partial charge is 0.338 e. The number of hydrogen-bond donors (Lipinski definition) is 0. The van der Waals surface area contributed by atoms with Gasteiger partial charge in [-0.25, -0.2) is 22.0 Å². The molecular formula is C21H20ClF2NO5S. The van der Waals surface area contributed by atoms with Gasteiger partial charge >= 0.3 is 5.97 Å². The first-order valence-corrected chi connectivity index (χ1v) is 11.4. The minimum absolute atomic E-state index is 0.0484. The van der Waals surface area contributed by atoms with E-state index in [4.69, 9.17) is 16.3 Å². The number of sulfonamides is 1. The van der Waals surface area contributed by atoms with Gasteiger partial charge in [-0.3, -0.25) is 4.79 Å². The minimum atomic E-state index is -3.93. The number of benzene rings is 2. The molecule has 0 aliphatic carbocycles. The molecule has 1 saturated heterocycles. The Morgan fingerprint density at radius 1 is 1.19 bits per heavy atom. The van der Waals surface area contributed by atoms with Crippen molar-refractivity contribution in [3.8, 4) is 0 Å². The predicted molar refractivity (Wildman–Crippen MR) is 110 cm³/mol. The quantitative estimate of drug-likeness (QED) is 0.468. The van der Waals surface area contributed by atoms with Crippen molar-refractivity contribution in [1.82, 2.24) is 4.31 Å². The van der Waals surface area contributed by atoms with Crippen LogP contribution in [0.1, 0.15) is 40.5 Å². The summed E-state index contributed by atoms with van der Waals surface area (Å²) in [6.07, 6.45) is 1.64. The standard InChI is InChI=1S/C21H20ClF2NO5S/c1-13-3-2-8-25(11-13)31(28,29)20-9-14(4-6-17(20)22)21(27)30-12-19(26)16-10-15(23)5-7-18(16)24/h4-7,9-10,13H,2-3,8,11-12H2,1H3. The first kappa shape index (κ1) is 23.3. The van der Waals surface area contributed by atoms with Crippen LogP contribution in [0.5, 0.6) is 0 Å². The molecule has 0 aromatic heterocycles. The van der Waals surface area contributed by atoms with Crippen molar-refractivity contribution in [2.75, 3.05) is 19.7 Å². The number of halogens is 3. The van der Waals surface area contributed by atoms with E-state index in [0.717, 1.165) is 31.0 Å². The van der Waals surface area contributed by atoms with Crippen LogP contribution < -0.4 is 0 Å². The summed E-state index contributed by atoms with van der Waals surface area (Å²) in [4.78, 5) is 24.2. The Hall–Kier alpha value is -2.36. The Morgan fingerprint density at radius 2 is 1.94 bits per heavy atom. The second kappa shape index (κ2) is 9.42. The Morgan fingerprint density at radius 3 is 2.65 bits per heavy atom. The highest BCUT2D eigenvalue weighted by Gasteiger charge is 2.31. The first-order chi connectivity index (χ1) is 14.6. The fourth-order valence-corrected chi connectivity index (χ4v) is 5.43. The summed E-state index contributed by atoms with van der Waals surface area (Å²) in [5.41, 5.74) is -0.688. The zero-order valence-corrected chi connectivity index (χ0v) is 18.2. The highest BCUT2D eigenvalue weighted by atomic mass is 35.5. The molecule has 2 aromatic carbocycles. The summed E-state index contributed by atoms with van der Waals surface area (Å²) in [5, 5.41) is -0.0484. The summed E-state index contributed by atoms with van der Waals surface area (Å²) in [5.74, 6) is -3.49. The number of carbonyl (C=O) groups excluding carboxylic acids is 2. The second-order valence-corrected chi connectivity index (χ2v) is 9.69. The maximum absolute atomic E-state index is 13.7. The number of hydrogen-bond acceptors (Lipinski definition) is 5. The number of ketones is 1. The van der Waals surface area contributed by atoms with Crippen LogP contribution in [0.3, 0.4) is 0 Å².